The summed E-state index contributed by atoms with van der Waals surface area (Å²) in [6, 6.07) is 10.2. The maximum Gasteiger partial charge on any atom is 0.264 e. The summed E-state index contributed by atoms with van der Waals surface area (Å²) in [6.45, 7) is 4.73. The highest BCUT2D eigenvalue weighted by atomic mass is 32.2. The molecular formula is C19H21FN2O2S2. The van der Waals surface area contributed by atoms with Crippen LogP contribution >= 0.6 is 23.1 Å². The van der Waals surface area contributed by atoms with Crippen molar-refractivity contribution in [2.45, 2.75) is 25.3 Å². The van der Waals surface area contributed by atoms with E-state index in [0.717, 1.165) is 0 Å². The highest BCUT2D eigenvalue weighted by molar-refractivity contribution is 8.00. The third-order valence-electron chi connectivity index (χ3n) is 4.34. The van der Waals surface area contributed by atoms with E-state index in [0.29, 0.717) is 29.3 Å². The van der Waals surface area contributed by atoms with Crippen LogP contribution in [0.1, 0.15) is 34.5 Å². The molecule has 2 aromatic rings. The number of thiophene rings is 1. The van der Waals surface area contributed by atoms with E-state index in [1.807, 2.05) is 25.3 Å². The average molecular weight is 393 g/mol. The predicted octanol–water partition coefficient (Wildman–Crippen LogP) is 4.01. The summed E-state index contributed by atoms with van der Waals surface area (Å²) < 4.78 is 14.2. The Morgan fingerprint density at radius 1 is 1.31 bits per heavy atom. The van der Waals surface area contributed by atoms with Crippen molar-refractivity contribution in [2.24, 2.45) is 0 Å². The molecule has 0 radical (unpaired) electrons. The zero-order valence-corrected chi connectivity index (χ0v) is 16.4. The lowest BCUT2D eigenvalue weighted by atomic mass is 10.2. The van der Waals surface area contributed by atoms with Gasteiger partial charge in [0.15, 0.2) is 0 Å². The van der Waals surface area contributed by atoms with Gasteiger partial charge in [0.25, 0.3) is 5.91 Å². The molecule has 2 heterocycles. The molecule has 1 fully saturated rings. The van der Waals surface area contributed by atoms with Gasteiger partial charge in [-0.1, -0.05) is 24.3 Å². The fourth-order valence-corrected chi connectivity index (χ4v) is 4.90. The van der Waals surface area contributed by atoms with Gasteiger partial charge in [-0.15, -0.1) is 23.1 Å². The van der Waals surface area contributed by atoms with E-state index >= 15 is 0 Å². The van der Waals surface area contributed by atoms with Gasteiger partial charge >= 0.3 is 0 Å². The molecule has 1 aromatic carbocycles. The molecule has 0 N–H and O–H groups in total. The van der Waals surface area contributed by atoms with Crippen LogP contribution in [0.25, 0.3) is 0 Å². The molecule has 0 aliphatic carbocycles. The number of thioether (sulfide) groups is 1. The van der Waals surface area contributed by atoms with Crippen molar-refractivity contribution in [3.63, 3.8) is 0 Å². The van der Waals surface area contributed by atoms with E-state index in [9.17, 15) is 14.0 Å². The molecule has 0 unspecified atom stereocenters. The minimum atomic E-state index is -0.338. The zero-order valence-electron chi connectivity index (χ0n) is 14.7. The van der Waals surface area contributed by atoms with Crippen LogP contribution in [-0.2, 0) is 4.79 Å². The molecular weight excluding hydrogens is 371 g/mol. The van der Waals surface area contributed by atoms with Crippen molar-refractivity contribution >= 4 is 34.9 Å². The number of carbonyl (C=O) groups excluding carboxylic acids is 2. The molecule has 1 aromatic heterocycles. The highest BCUT2D eigenvalue weighted by Crippen LogP contribution is 2.39. The van der Waals surface area contributed by atoms with Crippen molar-refractivity contribution < 1.29 is 14.0 Å². The van der Waals surface area contributed by atoms with Gasteiger partial charge in [0.05, 0.1) is 10.6 Å². The molecule has 1 aliphatic heterocycles. The Labute approximate surface area is 161 Å². The standard InChI is InChI=1S/C19H21FN2O2S2/c1-13(2)21(18(24)16-8-5-11-25-16)9-10-22-17(23)12-26-19(22)14-6-3-4-7-15(14)20/h3-8,11,13,19H,9-10,12H2,1-2H3/t19-/m0/s1. The Morgan fingerprint density at radius 3 is 2.73 bits per heavy atom. The van der Waals surface area contributed by atoms with Crippen LogP contribution in [0.4, 0.5) is 4.39 Å². The molecule has 0 bridgehead atoms. The number of nitrogens with zero attached hydrogens (tertiary/aromatic N) is 2. The van der Waals surface area contributed by atoms with Gasteiger partial charge < -0.3 is 9.80 Å². The minimum Gasteiger partial charge on any atom is -0.334 e. The molecule has 0 spiro atoms. The van der Waals surface area contributed by atoms with E-state index in [-0.39, 0.29) is 29.0 Å². The number of hydrogen-bond acceptors (Lipinski definition) is 4. The van der Waals surface area contributed by atoms with Crippen LogP contribution in [0.3, 0.4) is 0 Å². The third kappa shape index (κ3) is 3.94. The SMILES string of the molecule is CC(C)N(CCN1C(=O)CS[C@H]1c1ccccc1F)C(=O)c1cccs1. The minimum absolute atomic E-state index is 0.0156. The van der Waals surface area contributed by atoms with Gasteiger partial charge in [0.1, 0.15) is 11.2 Å². The Morgan fingerprint density at radius 2 is 2.08 bits per heavy atom. The summed E-state index contributed by atoms with van der Waals surface area (Å²) in [5.41, 5.74) is 0.518. The summed E-state index contributed by atoms with van der Waals surface area (Å²) in [7, 11) is 0. The maximum atomic E-state index is 14.2. The zero-order chi connectivity index (χ0) is 18.7. The van der Waals surface area contributed by atoms with E-state index < -0.39 is 0 Å². The van der Waals surface area contributed by atoms with E-state index in [2.05, 4.69) is 0 Å². The second kappa shape index (κ2) is 8.22. The lowest BCUT2D eigenvalue weighted by Gasteiger charge is -2.31. The maximum absolute atomic E-state index is 14.2. The topological polar surface area (TPSA) is 40.6 Å². The van der Waals surface area contributed by atoms with Crippen molar-refractivity contribution in [3.05, 3.63) is 58.0 Å². The number of carbonyl (C=O) groups is 2. The lowest BCUT2D eigenvalue weighted by Crippen LogP contribution is -2.43. The Hall–Kier alpha value is -1.86. The fourth-order valence-electron chi connectivity index (χ4n) is 2.98. The van der Waals surface area contributed by atoms with Crippen LogP contribution in [0, 0.1) is 5.82 Å². The van der Waals surface area contributed by atoms with Gasteiger partial charge in [-0.2, -0.15) is 0 Å². The summed E-state index contributed by atoms with van der Waals surface area (Å²) in [6.07, 6.45) is 0. The number of rotatable bonds is 6. The molecule has 3 rings (SSSR count). The van der Waals surface area contributed by atoms with Crippen molar-refractivity contribution in [1.29, 1.82) is 0 Å². The average Bonchev–Trinajstić information content (AvgIpc) is 3.26. The molecule has 1 atom stereocenters. The predicted molar refractivity (Wildman–Crippen MR) is 104 cm³/mol. The van der Waals surface area contributed by atoms with Crippen LogP contribution in [-0.4, -0.2) is 46.5 Å². The smallest absolute Gasteiger partial charge is 0.264 e. The highest BCUT2D eigenvalue weighted by Gasteiger charge is 2.34. The number of benzene rings is 1. The second-order valence-electron chi connectivity index (χ2n) is 6.34. The molecule has 1 aliphatic rings. The molecule has 0 saturated carbocycles. The van der Waals surface area contributed by atoms with Gasteiger partial charge in [-0.25, -0.2) is 4.39 Å². The summed E-state index contributed by atoms with van der Waals surface area (Å²) >= 11 is 2.84. The monoisotopic (exact) mass is 392 g/mol. The van der Waals surface area contributed by atoms with Gasteiger partial charge in [-0.3, -0.25) is 9.59 Å². The normalized spacial score (nSPS) is 17.2. The quantitative estimate of drug-likeness (QED) is 0.746. The second-order valence-corrected chi connectivity index (χ2v) is 8.36. The lowest BCUT2D eigenvalue weighted by molar-refractivity contribution is -0.128. The summed E-state index contributed by atoms with van der Waals surface area (Å²) in [5, 5.41) is 1.54. The Balaban J connectivity index is 1.74. The molecule has 138 valence electrons. The first-order valence-electron chi connectivity index (χ1n) is 8.49. The first-order chi connectivity index (χ1) is 12.5. The van der Waals surface area contributed by atoms with Crippen molar-refractivity contribution in [3.8, 4) is 0 Å². The van der Waals surface area contributed by atoms with E-state index in [1.165, 1.54) is 29.2 Å². The Bertz CT molecular complexity index is 780. The van der Waals surface area contributed by atoms with Gasteiger partial charge in [0.2, 0.25) is 5.91 Å². The number of amides is 2. The van der Waals surface area contributed by atoms with Crippen LogP contribution in [0.5, 0.6) is 0 Å². The van der Waals surface area contributed by atoms with Gasteiger partial charge in [-0.05, 0) is 31.4 Å². The Kier molecular flexibility index (Phi) is 5.98. The largest absolute Gasteiger partial charge is 0.334 e. The first kappa shape index (κ1) is 18.9. The summed E-state index contributed by atoms with van der Waals surface area (Å²) in [4.78, 5) is 29.2. The van der Waals surface area contributed by atoms with Crippen molar-refractivity contribution in [2.75, 3.05) is 18.8 Å². The molecule has 26 heavy (non-hydrogen) atoms. The molecule has 4 nitrogen and oxygen atoms in total. The first-order valence-corrected chi connectivity index (χ1v) is 10.4. The number of halogens is 1. The van der Waals surface area contributed by atoms with Crippen molar-refractivity contribution in [1.82, 2.24) is 9.80 Å². The van der Waals surface area contributed by atoms with E-state index in [1.54, 1.807) is 34.1 Å². The molecule has 2 amide bonds. The van der Waals surface area contributed by atoms with Crippen LogP contribution in [0.2, 0.25) is 0 Å². The number of hydrogen-bond donors (Lipinski definition) is 0. The molecule has 1 saturated heterocycles. The van der Waals surface area contributed by atoms with Gasteiger partial charge in [0, 0.05) is 24.7 Å². The fraction of sp³-hybridized carbons (Fsp3) is 0.368. The summed E-state index contributed by atoms with van der Waals surface area (Å²) in [5.74, 6) is -0.0214. The van der Waals surface area contributed by atoms with Crippen LogP contribution in [0.15, 0.2) is 41.8 Å². The third-order valence-corrected chi connectivity index (χ3v) is 6.43. The van der Waals surface area contributed by atoms with E-state index in [4.69, 9.17) is 0 Å². The van der Waals surface area contributed by atoms with Crippen LogP contribution < -0.4 is 0 Å². The molecule has 7 heteroatoms.